The monoisotopic (exact) mass is 387 g/mol. The second-order valence-corrected chi connectivity index (χ2v) is 7.18. The maximum Gasteiger partial charge on any atom is 0.252 e. The number of carbonyl (C=O) groups excluding carboxylic acids is 2. The third-order valence-corrected chi connectivity index (χ3v) is 5.27. The normalized spacial score (nSPS) is 15.9. The Morgan fingerprint density at radius 1 is 1.11 bits per heavy atom. The van der Waals surface area contributed by atoms with Crippen molar-refractivity contribution >= 4 is 23.2 Å². The summed E-state index contributed by atoms with van der Waals surface area (Å²) in [5, 5.41) is 9.45. The third kappa shape index (κ3) is 5.89. The summed E-state index contributed by atoms with van der Waals surface area (Å²) >= 11 is 1.48. The van der Waals surface area contributed by atoms with Crippen molar-refractivity contribution in [1.82, 2.24) is 15.5 Å². The molecule has 2 amide bonds. The fourth-order valence-electron chi connectivity index (χ4n) is 3.11. The molecule has 2 N–H and O–H groups in total. The number of morpholine rings is 1. The van der Waals surface area contributed by atoms with Crippen molar-refractivity contribution < 1.29 is 14.3 Å². The minimum atomic E-state index is -0.139. The van der Waals surface area contributed by atoms with Crippen LogP contribution in [-0.2, 0) is 9.53 Å². The van der Waals surface area contributed by atoms with Crippen LogP contribution in [0.1, 0.15) is 28.4 Å². The molecule has 27 heavy (non-hydrogen) atoms. The van der Waals surface area contributed by atoms with Crippen LogP contribution in [0.3, 0.4) is 0 Å². The van der Waals surface area contributed by atoms with Crippen LogP contribution in [0.5, 0.6) is 0 Å². The largest absolute Gasteiger partial charge is 0.379 e. The highest BCUT2D eigenvalue weighted by Crippen LogP contribution is 2.21. The number of thiophene rings is 1. The zero-order valence-electron chi connectivity index (χ0n) is 15.2. The van der Waals surface area contributed by atoms with Crippen LogP contribution in [0, 0.1) is 0 Å². The van der Waals surface area contributed by atoms with Crippen LogP contribution in [0.2, 0.25) is 0 Å². The Bertz CT molecular complexity index is 715. The lowest BCUT2D eigenvalue weighted by atomic mass is 10.0. The second kappa shape index (κ2) is 10.2. The molecule has 1 saturated heterocycles. The molecule has 0 spiro atoms. The van der Waals surface area contributed by atoms with Crippen molar-refractivity contribution in [2.75, 3.05) is 39.4 Å². The Balaban J connectivity index is 1.47. The Kier molecular flexibility index (Phi) is 7.38. The van der Waals surface area contributed by atoms with Crippen LogP contribution in [0.25, 0.3) is 0 Å². The standard InChI is InChI=1S/C20H25N3O3S/c24-19(6-8-21-20(25)17-7-13-27-15-17)22-14-18(16-4-2-1-3-5-16)23-9-11-26-12-10-23/h1-5,7,13,15,18H,6,8-12,14H2,(H,21,25)(H,22,24). The van der Waals surface area contributed by atoms with E-state index in [1.807, 2.05) is 23.6 Å². The molecular weight excluding hydrogens is 362 g/mol. The summed E-state index contributed by atoms with van der Waals surface area (Å²) in [4.78, 5) is 26.5. The van der Waals surface area contributed by atoms with Gasteiger partial charge in [-0.1, -0.05) is 30.3 Å². The lowest BCUT2D eigenvalue weighted by molar-refractivity contribution is -0.121. The summed E-state index contributed by atoms with van der Waals surface area (Å²) in [6, 6.07) is 12.1. The van der Waals surface area contributed by atoms with Crippen molar-refractivity contribution in [3.8, 4) is 0 Å². The summed E-state index contributed by atoms with van der Waals surface area (Å²) < 4.78 is 5.45. The molecule has 2 heterocycles. The molecule has 0 bridgehead atoms. The van der Waals surface area contributed by atoms with Crippen LogP contribution < -0.4 is 10.6 Å². The Hall–Kier alpha value is -2.22. The van der Waals surface area contributed by atoms with Crippen molar-refractivity contribution in [3.05, 3.63) is 58.3 Å². The fourth-order valence-corrected chi connectivity index (χ4v) is 3.74. The van der Waals surface area contributed by atoms with E-state index in [-0.39, 0.29) is 24.3 Å². The molecule has 2 aromatic rings. The number of carbonyl (C=O) groups is 2. The first kappa shape index (κ1) is 19.5. The molecule has 0 aliphatic carbocycles. The fraction of sp³-hybridized carbons (Fsp3) is 0.400. The predicted molar refractivity (Wildman–Crippen MR) is 106 cm³/mol. The van der Waals surface area contributed by atoms with E-state index in [0.29, 0.717) is 31.9 Å². The predicted octanol–water partition coefficient (Wildman–Crippen LogP) is 2.06. The summed E-state index contributed by atoms with van der Waals surface area (Å²) in [6.07, 6.45) is 0.264. The van der Waals surface area contributed by atoms with Gasteiger partial charge in [0.05, 0.1) is 19.3 Å². The molecule has 0 radical (unpaired) electrons. The number of benzene rings is 1. The SMILES string of the molecule is O=C(CCNC(=O)c1ccsc1)NCC(c1ccccc1)N1CCOCC1. The Morgan fingerprint density at radius 3 is 2.59 bits per heavy atom. The van der Waals surface area contributed by atoms with Gasteiger partial charge in [-0.3, -0.25) is 14.5 Å². The highest BCUT2D eigenvalue weighted by atomic mass is 32.1. The average Bonchev–Trinajstić information content (AvgIpc) is 3.25. The van der Waals surface area contributed by atoms with Gasteiger partial charge in [0.2, 0.25) is 5.91 Å². The number of nitrogens with zero attached hydrogens (tertiary/aromatic N) is 1. The van der Waals surface area contributed by atoms with Crippen molar-refractivity contribution in [1.29, 1.82) is 0 Å². The van der Waals surface area contributed by atoms with Gasteiger partial charge in [0, 0.05) is 43.5 Å². The van der Waals surface area contributed by atoms with Crippen LogP contribution in [0.15, 0.2) is 47.2 Å². The molecule has 1 aliphatic heterocycles. The number of amides is 2. The minimum Gasteiger partial charge on any atom is -0.379 e. The highest BCUT2D eigenvalue weighted by Gasteiger charge is 2.23. The summed E-state index contributed by atoms with van der Waals surface area (Å²) in [5.41, 5.74) is 1.82. The number of rotatable bonds is 8. The van der Waals surface area contributed by atoms with Gasteiger partial charge < -0.3 is 15.4 Å². The first-order chi connectivity index (χ1) is 13.2. The van der Waals surface area contributed by atoms with E-state index in [1.165, 1.54) is 16.9 Å². The lowest BCUT2D eigenvalue weighted by Gasteiger charge is -2.35. The molecule has 1 unspecified atom stereocenters. The molecule has 0 saturated carbocycles. The van der Waals surface area contributed by atoms with Gasteiger partial charge in [0.25, 0.3) is 5.91 Å². The summed E-state index contributed by atoms with van der Waals surface area (Å²) in [6.45, 7) is 4.01. The van der Waals surface area contributed by atoms with E-state index >= 15 is 0 Å². The van der Waals surface area contributed by atoms with E-state index in [4.69, 9.17) is 4.74 Å². The first-order valence-corrected chi connectivity index (χ1v) is 10.1. The zero-order chi connectivity index (χ0) is 18.9. The molecule has 7 heteroatoms. The molecule has 1 aliphatic rings. The minimum absolute atomic E-state index is 0.0604. The van der Waals surface area contributed by atoms with Gasteiger partial charge in [0.15, 0.2) is 0 Å². The molecule has 3 rings (SSSR count). The summed E-state index contributed by atoms with van der Waals surface area (Å²) in [7, 11) is 0. The van der Waals surface area contributed by atoms with E-state index in [9.17, 15) is 9.59 Å². The molecule has 1 fully saturated rings. The first-order valence-electron chi connectivity index (χ1n) is 9.18. The highest BCUT2D eigenvalue weighted by molar-refractivity contribution is 7.08. The van der Waals surface area contributed by atoms with E-state index in [2.05, 4.69) is 27.7 Å². The zero-order valence-corrected chi connectivity index (χ0v) is 16.0. The molecular formula is C20H25N3O3S. The maximum atomic E-state index is 12.2. The quantitative estimate of drug-likeness (QED) is 0.727. The molecule has 1 aromatic heterocycles. The van der Waals surface area contributed by atoms with Crippen molar-refractivity contribution in [3.63, 3.8) is 0 Å². The lowest BCUT2D eigenvalue weighted by Crippen LogP contribution is -2.44. The average molecular weight is 388 g/mol. The van der Waals surface area contributed by atoms with Gasteiger partial charge in [-0.15, -0.1) is 0 Å². The van der Waals surface area contributed by atoms with Crippen molar-refractivity contribution in [2.45, 2.75) is 12.5 Å². The van der Waals surface area contributed by atoms with Crippen LogP contribution in [-0.4, -0.2) is 56.1 Å². The smallest absolute Gasteiger partial charge is 0.252 e. The molecule has 1 atom stereocenters. The number of hydrogen-bond acceptors (Lipinski definition) is 5. The van der Waals surface area contributed by atoms with Gasteiger partial charge >= 0.3 is 0 Å². The van der Waals surface area contributed by atoms with Gasteiger partial charge in [-0.2, -0.15) is 11.3 Å². The maximum absolute atomic E-state index is 12.2. The van der Waals surface area contributed by atoms with E-state index in [1.54, 1.807) is 11.4 Å². The van der Waals surface area contributed by atoms with Crippen molar-refractivity contribution in [2.24, 2.45) is 0 Å². The van der Waals surface area contributed by atoms with Gasteiger partial charge in [-0.25, -0.2) is 0 Å². The third-order valence-electron chi connectivity index (χ3n) is 4.58. The molecule has 6 nitrogen and oxygen atoms in total. The van der Waals surface area contributed by atoms with E-state index in [0.717, 1.165) is 13.1 Å². The van der Waals surface area contributed by atoms with E-state index < -0.39 is 0 Å². The number of hydrogen-bond donors (Lipinski definition) is 2. The second-order valence-electron chi connectivity index (χ2n) is 6.40. The Labute approximate surface area is 163 Å². The van der Waals surface area contributed by atoms with Gasteiger partial charge in [0.1, 0.15) is 0 Å². The van der Waals surface area contributed by atoms with Gasteiger partial charge in [-0.05, 0) is 17.0 Å². The number of ether oxygens (including phenoxy) is 1. The Morgan fingerprint density at radius 2 is 1.89 bits per heavy atom. The van der Waals surface area contributed by atoms with Crippen LogP contribution in [0.4, 0.5) is 0 Å². The van der Waals surface area contributed by atoms with Crippen LogP contribution >= 0.6 is 11.3 Å². The molecule has 1 aromatic carbocycles. The summed E-state index contributed by atoms with van der Waals surface area (Å²) in [5.74, 6) is -0.200. The number of nitrogens with one attached hydrogen (secondary N) is 2. The molecule has 144 valence electrons. The topological polar surface area (TPSA) is 70.7 Å².